The third-order valence-corrected chi connectivity index (χ3v) is 5.13. The monoisotopic (exact) mass is 386 g/mol. The maximum absolute atomic E-state index is 12.6. The van der Waals surface area contributed by atoms with Crippen LogP contribution >= 0.6 is 0 Å². The molecule has 0 amide bonds. The number of ether oxygens (including phenoxy) is 2. The third kappa shape index (κ3) is 4.57. The number of methoxy groups -OCH3 is 2. The van der Waals surface area contributed by atoms with Gasteiger partial charge >= 0.3 is 0 Å². The Bertz CT molecular complexity index is 988. The summed E-state index contributed by atoms with van der Waals surface area (Å²) in [5, 5.41) is 0. The number of pyridine rings is 1. The van der Waals surface area contributed by atoms with Crippen LogP contribution in [0.4, 0.5) is 5.82 Å². The predicted molar refractivity (Wildman–Crippen MR) is 107 cm³/mol. The Labute approximate surface area is 159 Å². The Morgan fingerprint density at radius 3 is 2.15 bits per heavy atom. The van der Waals surface area contributed by atoms with Gasteiger partial charge in [-0.25, -0.2) is 13.4 Å². The number of benzene rings is 2. The molecule has 3 rings (SSSR count). The normalized spacial score (nSPS) is 10.6. The van der Waals surface area contributed by atoms with Crippen LogP contribution in [0.5, 0.6) is 11.5 Å². The van der Waals surface area contributed by atoms with E-state index in [1.807, 2.05) is 36.4 Å². The molecule has 2 aromatic carbocycles. The molecular weight excluding hydrogens is 364 g/mol. The SMILES string of the molecule is C.COc1ccc(S(=O)(=O)Nc2ccc(-c3ccccc3)cn2)cc1OC. The van der Waals surface area contributed by atoms with E-state index < -0.39 is 10.0 Å². The molecule has 0 atom stereocenters. The molecule has 27 heavy (non-hydrogen) atoms. The van der Waals surface area contributed by atoms with Crippen molar-refractivity contribution in [1.82, 2.24) is 4.98 Å². The molecule has 0 aliphatic carbocycles. The van der Waals surface area contributed by atoms with E-state index in [-0.39, 0.29) is 18.1 Å². The van der Waals surface area contributed by atoms with Crippen LogP contribution < -0.4 is 14.2 Å². The topological polar surface area (TPSA) is 77.5 Å². The fourth-order valence-electron chi connectivity index (χ4n) is 2.44. The molecule has 0 aliphatic heterocycles. The van der Waals surface area contributed by atoms with Gasteiger partial charge in [-0.05, 0) is 29.8 Å². The van der Waals surface area contributed by atoms with Crippen LogP contribution in [0.2, 0.25) is 0 Å². The van der Waals surface area contributed by atoms with Gasteiger partial charge in [0.25, 0.3) is 10.0 Å². The minimum Gasteiger partial charge on any atom is -0.493 e. The average molecular weight is 386 g/mol. The molecule has 142 valence electrons. The lowest BCUT2D eigenvalue weighted by atomic mass is 10.1. The number of hydrogen-bond donors (Lipinski definition) is 1. The van der Waals surface area contributed by atoms with E-state index in [4.69, 9.17) is 9.47 Å². The molecule has 1 heterocycles. The highest BCUT2D eigenvalue weighted by atomic mass is 32.2. The van der Waals surface area contributed by atoms with Gasteiger partial charge in [0.15, 0.2) is 11.5 Å². The van der Waals surface area contributed by atoms with Crippen LogP contribution in [0, 0.1) is 0 Å². The Hall–Kier alpha value is -3.06. The summed E-state index contributed by atoms with van der Waals surface area (Å²) in [6.07, 6.45) is 1.63. The lowest BCUT2D eigenvalue weighted by Gasteiger charge is -2.11. The summed E-state index contributed by atoms with van der Waals surface area (Å²) in [5.41, 5.74) is 1.91. The molecule has 0 fully saturated rings. The smallest absolute Gasteiger partial charge is 0.263 e. The highest BCUT2D eigenvalue weighted by molar-refractivity contribution is 7.92. The highest BCUT2D eigenvalue weighted by Crippen LogP contribution is 2.30. The number of sulfonamides is 1. The van der Waals surface area contributed by atoms with Crippen LogP contribution in [0.1, 0.15) is 7.43 Å². The molecular formula is C20H22N2O4S. The molecule has 0 saturated carbocycles. The first-order valence-corrected chi connectivity index (χ1v) is 9.28. The minimum atomic E-state index is -3.80. The summed E-state index contributed by atoms with van der Waals surface area (Å²) in [4.78, 5) is 4.26. The molecule has 7 heteroatoms. The molecule has 0 radical (unpaired) electrons. The Morgan fingerprint density at radius 1 is 0.852 bits per heavy atom. The molecule has 1 aromatic heterocycles. The van der Waals surface area contributed by atoms with Crippen molar-refractivity contribution in [2.45, 2.75) is 12.3 Å². The van der Waals surface area contributed by atoms with E-state index in [1.165, 1.54) is 26.4 Å². The largest absolute Gasteiger partial charge is 0.493 e. The second-order valence-electron chi connectivity index (χ2n) is 5.42. The van der Waals surface area contributed by atoms with E-state index in [9.17, 15) is 8.42 Å². The van der Waals surface area contributed by atoms with Crippen molar-refractivity contribution in [2.75, 3.05) is 18.9 Å². The van der Waals surface area contributed by atoms with Gasteiger partial charge in [-0.3, -0.25) is 4.72 Å². The van der Waals surface area contributed by atoms with E-state index >= 15 is 0 Å². The van der Waals surface area contributed by atoms with Crippen molar-refractivity contribution in [2.24, 2.45) is 0 Å². The minimum absolute atomic E-state index is 0. The van der Waals surface area contributed by atoms with E-state index in [2.05, 4.69) is 9.71 Å². The summed E-state index contributed by atoms with van der Waals surface area (Å²) in [6.45, 7) is 0. The zero-order valence-electron chi connectivity index (χ0n) is 14.3. The number of hydrogen-bond acceptors (Lipinski definition) is 5. The lowest BCUT2D eigenvalue weighted by molar-refractivity contribution is 0.354. The van der Waals surface area contributed by atoms with Gasteiger partial charge in [0.05, 0.1) is 19.1 Å². The molecule has 0 saturated heterocycles. The van der Waals surface area contributed by atoms with Crippen molar-refractivity contribution in [3.05, 3.63) is 66.9 Å². The lowest BCUT2D eigenvalue weighted by Crippen LogP contribution is -2.14. The molecule has 0 aliphatic rings. The van der Waals surface area contributed by atoms with Crippen LogP contribution in [0.25, 0.3) is 11.1 Å². The second kappa shape index (κ2) is 8.55. The van der Waals surface area contributed by atoms with Crippen LogP contribution in [-0.4, -0.2) is 27.6 Å². The average Bonchev–Trinajstić information content (AvgIpc) is 2.68. The van der Waals surface area contributed by atoms with Crippen LogP contribution in [0.15, 0.2) is 71.8 Å². The number of rotatable bonds is 6. The van der Waals surface area contributed by atoms with Crippen LogP contribution in [-0.2, 0) is 10.0 Å². The van der Waals surface area contributed by atoms with Crippen molar-refractivity contribution in [1.29, 1.82) is 0 Å². The first-order chi connectivity index (χ1) is 12.5. The highest BCUT2D eigenvalue weighted by Gasteiger charge is 2.17. The van der Waals surface area contributed by atoms with E-state index in [1.54, 1.807) is 18.3 Å². The van der Waals surface area contributed by atoms with Gasteiger partial charge in [0, 0.05) is 17.8 Å². The number of aromatic nitrogens is 1. The molecule has 0 unspecified atom stereocenters. The van der Waals surface area contributed by atoms with Gasteiger partial charge in [0.2, 0.25) is 0 Å². The maximum Gasteiger partial charge on any atom is 0.263 e. The zero-order valence-corrected chi connectivity index (χ0v) is 15.2. The van der Waals surface area contributed by atoms with Crippen molar-refractivity contribution in [3.63, 3.8) is 0 Å². The molecule has 1 N–H and O–H groups in total. The third-order valence-electron chi connectivity index (χ3n) is 3.77. The zero-order chi connectivity index (χ0) is 18.6. The standard InChI is InChI=1S/C19H18N2O4S.CH4/c1-24-17-10-9-16(12-18(17)25-2)26(22,23)21-19-11-8-15(13-20-19)14-6-4-3-5-7-14;/h3-13H,1-2H3,(H,20,21);1H4. The second-order valence-corrected chi connectivity index (χ2v) is 7.10. The van der Waals surface area contributed by atoms with Gasteiger partial charge in [0.1, 0.15) is 5.82 Å². The van der Waals surface area contributed by atoms with E-state index in [0.717, 1.165) is 11.1 Å². The quantitative estimate of drug-likeness (QED) is 0.687. The fraction of sp³-hybridized carbons (Fsp3) is 0.150. The van der Waals surface area contributed by atoms with Crippen molar-refractivity contribution in [3.8, 4) is 22.6 Å². The Morgan fingerprint density at radius 2 is 1.56 bits per heavy atom. The summed E-state index contributed by atoms with van der Waals surface area (Å²) >= 11 is 0. The van der Waals surface area contributed by atoms with Crippen LogP contribution in [0.3, 0.4) is 0 Å². The summed E-state index contributed by atoms with van der Waals surface area (Å²) in [7, 11) is -0.858. The maximum atomic E-state index is 12.6. The van der Waals surface area contributed by atoms with Gasteiger partial charge < -0.3 is 9.47 Å². The summed E-state index contributed by atoms with van der Waals surface area (Å²) in [5.74, 6) is 1.03. The van der Waals surface area contributed by atoms with E-state index in [0.29, 0.717) is 11.5 Å². The Balaban J connectivity index is 0.00000261. The van der Waals surface area contributed by atoms with Crippen molar-refractivity contribution >= 4 is 15.8 Å². The van der Waals surface area contributed by atoms with Crippen molar-refractivity contribution < 1.29 is 17.9 Å². The fourth-order valence-corrected chi connectivity index (χ4v) is 3.46. The first kappa shape index (κ1) is 20.3. The predicted octanol–water partition coefficient (Wildman–Crippen LogP) is 4.20. The first-order valence-electron chi connectivity index (χ1n) is 7.80. The number of anilines is 1. The summed E-state index contributed by atoms with van der Waals surface area (Å²) < 4.78 is 37.9. The Kier molecular flexibility index (Phi) is 6.41. The molecule has 6 nitrogen and oxygen atoms in total. The molecule has 0 bridgehead atoms. The number of nitrogens with zero attached hydrogens (tertiary/aromatic N) is 1. The van der Waals surface area contributed by atoms with Gasteiger partial charge in [-0.1, -0.05) is 37.8 Å². The van der Waals surface area contributed by atoms with Gasteiger partial charge in [-0.15, -0.1) is 0 Å². The molecule has 3 aromatic rings. The van der Waals surface area contributed by atoms with Gasteiger partial charge in [-0.2, -0.15) is 0 Å². The molecule has 0 spiro atoms. The number of nitrogens with one attached hydrogen (secondary N) is 1. The summed E-state index contributed by atoms with van der Waals surface area (Å²) in [6, 6.07) is 17.6.